The fraction of sp³-hybridized carbons (Fsp3) is 0.400. The SMILES string of the molecule is Cc1ccc(C(C)C)cc1.[Br-].[Br-].[Ru+2]. The van der Waals surface area contributed by atoms with Crippen LogP contribution in [0.1, 0.15) is 30.9 Å². The van der Waals surface area contributed by atoms with Crippen LogP contribution in [0.2, 0.25) is 0 Å². The Morgan fingerprint density at radius 1 is 0.923 bits per heavy atom. The second kappa shape index (κ2) is 9.36. The fourth-order valence-electron chi connectivity index (χ4n) is 0.951. The molecule has 0 aromatic heterocycles. The second-order valence-corrected chi connectivity index (χ2v) is 3.07. The molecule has 0 aliphatic carbocycles. The molecule has 0 aliphatic rings. The second-order valence-electron chi connectivity index (χ2n) is 3.07. The van der Waals surface area contributed by atoms with E-state index in [-0.39, 0.29) is 53.4 Å². The first-order valence-electron chi connectivity index (χ1n) is 3.76. The van der Waals surface area contributed by atoms with Crippen LogP contribution >= 0.6 is 0 Å². The van der Waals surface area contributed by atoms with Gasteiger partial charge in [-0.25, -0.2) is 0 Å². The van der Waals surface area contributed by atoms with Crippen LogP contribution in [-0.2, 0) is 19.5 Å². The van der Waals surface area contributed by atoms with E-state index < -0.39 is 0 Å². The summed E-state index contributed by atoms with van der Waals surface area (Å²) in [5.74, 6) is 0.653. The van der Waals surface area contributed by atoms with Crippen molar-refractivity contribution in [2.75, 3.05) is 0 Å². The van der Waals surface area contributed by atoms with Crippen molar-refractivity contribution in [3.05, 3.63) is 35.4 Å². The first-order valence-corrected chi connectivity index (χ1v) is 3.76. The number of hydrogen-bond acceptors (Lipinski definition) is 0. The number of halogens is 2. The zero-order valence-electron chi connectivity index (χ0n) is 8.00. The Hall–Kier alpha value is 0.803. The minimum atomic E-state index is 0. The Kier molecular flexibility index (Phi) is 14.0. The molecule has 0 bridgehead atoms. The molecule has 1 aromatic carbocycles. The Labute approximate surface area is 115 Å². The zero-order chi connectivity index (χ0) is 7.56. The Balaban J connectivity index is -0.000000333. The van der Waals surface area contributed by atoms with Gasteiger partial charge < -0.3 is 34.0 Å². The van der Waals surface area contributed by atoms with E-state index in [1.807, 2.05) is 0 Å². The van der Waals surface area contributed by atoms with Gasteiger partial charge in [0, 0.05) is 0 Å². The summed E-state index contributed by atoms with van der Waals surface area (Å²) < 4.78 is 0. The summed E-state index contributed by atoms with van der Waals surface area (Å²) in [6.45, 7) is 6.54. The Morgan fingerprint density at radius 2 is 1.31 bits per heavy atom. The first-order chi connectivity index (χ1) is 4.70. The molecule has 0 radical (unpaired) electrons. The van der Waals surface area contributed by atoms with Crippen molar-refractivity contribution < 1.29 is 53.4 Å². The first kappa shape index (κ1) is 19.4. The van der Waals surface area contributed by atoms with Gasteiger partial charge in [0.15, 0.2) is 0 Å². The largest absolute Gasteiger partial charge is 2.00 e. The van der Waals surface area contributed by atoms with Crippen LogP contribution in [0.15, 0.2) is 24.3 Å². The Morgan fingerprint density at radius 3 is 1.62 bits per heavy atom. The van der Waals surface area contributed by atoms with Crippen molar-refractivity contribution in [2.24, 2.45) is 0 Å². The van der Waals surface area contributed by atoms with Gasteiger partial charge >= 0.3 is 19.5 Å². The fourth-order valence-corrected chi connectivity index (χ4v) is 0.951. The molecule has 0 saturated heterocycles. The number of rotatable bonds is 1. The van der Waals surface area contributed by atoms with Crippen LogP contribution in [0.25, 0.3) is 0 Å². The van der Waals surface area contributed by atoms with Crippen LogP contribution in [-0.4, -0.2) is 0 Å². The molecule has 0 N–H and O–H groups in total. The van der Waals surface area contributed by atoms with Crippen molar-refractivity contribution in [2.45, 2.75) is 26.7 Å². The number of hydrogen-bond donors (Lipinski definition) is 0. The smallest absolute Gasteiger partial charge is 1.00 e. The third-order valence-electron chi connectivity index (χ3n) is 1.74. The summed E-state index contributed by atoms with van der Waals surface area (Å²) in [6, 6.07) is 8.71. The third kappa shape index (κ3) is 6.82. The molecule has 0 nitrogen and oxygen atoms in total. The van der Waals surface area contributed by atoms with Gasteiger partial charge in [0.05, 0.1) is 0 Å². The molecule has 0 fully saturated rings. The maximum atomic E-state index is 2.21. The topological polar surface area (TPSA) is 0 Å². The minimum Gasteiger partial charge on any atom is -1.00 e. The van der Waals surface area contributed by atoms with E-state index in [4.69, 9.17) is 0 Å². The van der Waals surface area contributed by atoms with E-state index in [1.165, 1.54) is 11.1 Å². The quantitative estimate of drug-likeness (QED) is 0.449. The van der Waals surface area contributed by atoms with E-state index in [1.54, 1.807) is 0 Å². The van der Waals surface area contributed by atoms with Crippen LogP contribution in [0.3, 0.4) is 0 Å². The normalized spacial score (nSPS) is 8.00. The van der Waals surface area contributed by atoms with Crippen LogP contribution in [0.5, 0.6) is 0 Å². The average Bonchev–Trinajstić information content (AvgIpc) is 1.88. The van der Waals surface area contributed by atoms with Crippen molar-refractivity contribution in [1.29, 1.82) is 0 Å². The molecule has 0 heterocycles. The van der Waals surface area contributed by atoms with Crippen molar-refractivity contribution in [1.82, 2.24) is 0 Å². The van der Waals surface area contributed by atoms with Gasteiger partial charge in [0.2, 0.25) is 0 Å². The maximum Gasteiger partial charge on any atom is 2.00 e. The van der Waals surface area contributed by atoms with E-state index >= 15 is 0 Å². The molecule has 0 atom stereocenters. The number of aryl methyl sites for hydroxylation is 1. The third-order valence-corrected chi connectivity index (χ3v) is 1.74. The minimum absolute atomic E-state index is 0. The maximum absolute atomic E-state index is 2.21. The molecule has 3 heteroatoms. The molecule has 0 aliphatic heterocycles. The molecule has 76 valence electrons. The summed E-state index contributed by atoms with van der Waals surface area (Å²) in [4.78, 5) is 0. The summed E-state index contributed by atoms with van der Waals surface area (Å²) >= 11 is 0. The van der Waals surface area contributed by atoms with Crippen LogP contribution in [0, 0.1) is 6.92 Å². The molecular formula is C10H14Br2Ru. The van der Waals surface area contributed by atoms with Crippen molar-refractivity contribution in [3.63, 3.8) is 0 Å². The molecule has 0 spiro atoms. The van der Waals surface area contributed by atoms with Gasteiger partial charge in [-0.3, -0.25) is 0 Å². The van der Waals surface area contributed by atoms with Gasteiger partial charge in [-0.15, -0.1) is 0 Å². The molecule has 0 unspecified atom stereocenters. The van der Waals surface area contributed by atoms with Crippen molar-refractivity contribution in [3.8, 4) is 0 Å². The molecule has 1 aromatic rings. The van der Waals surface area contributed by atoms with E-state index in [9.17, 15) is 0 Å². The standard InChI is InChI=1S/C10H14.2BrH.Ru/c1-8(2)10-6-4-9(3)5-7-10;;;/h4-8H,1-3H3;2*1H;/q;;;+2/p-2. The summed E-state index contributed by atoms with van der Waals surface area (Å²) in [6.07, 6.45) is 0. The van der Waals surface area contributed by atoms with Gasteiger partial charge in [-0.1, -0.05) is 43.7 Å². The molecule has 0 saturated carbocycles. The van der Waals surface area contributed by atoms with E-state index in [0.717, 1.165) is 0 Å². The zero-order valence-corrected chi connectivity index (χ0v) is 12.9. The van der Waals surface area contributed by atoms with Gasteiger partial charge in [0.25, 0.3) is 0 Å². The van der Waals surface area contributed by atoms with Crippen LogP contribution < -0.4 is 34.0 Å². The predicted octanol–water partition coefficient (Wildman–Crippen LogP) is -2.88. The van der Waals surface area contributed by atoms with Gasteiger partial charge in [-0.05, 0) is 18.4 Å². The molecule has 0 amide bonds. The summed E-state index contributed by atoms with van der Waals surface area (Å²) in [5.41, 5.74) is 2.76. The van der Waals surface area contributed by atoms with Gasteiger partial charge in [-0.2, -0.15) is 0 Å². The molecular weight excluding hydrogens is 381 g/mol. The van der Waals surface area contributed by atoms with Gasteiger partial charge in [0.1, 0.15) is 0 Å². The van der Waals surface area contributed by atoms with E-state index in [2.05, 4.69) is 45.0 Å². The summed E-state index contributed by atoms with van der Waals surface area (Å²) in [5, 5.41) is 0. The number of benzene rings is 1. The monoisotopic (exact) mass is 394 g/mol. The van der Waals surface area contributed by atoms with Crippen LogP contribution in [0.4, 0.5) is 0 Å². The average molecular weight is 395 g/mol. The molecule has 1 rings (SSSR count). The predicted molar refractivity (Wildman–Crippen MR) is 45.3 cm³/mol. The Bertz CT molecular complexity index is 207. The summed E-state index contributed by atoms with van der Waals surface area (Å²) in [7, 11) is 0. The van der Waals surface area contributed by atoms with Crippen molar-refractivity contribution >= 4 is 0 Å². The molecule has 13 heavy (non-hydrogen) atoms. The van der Waals surface area contributed by atoms with E-state index in [0.29, 0.717) is 5.92 Å².